The van der Waals surface area contributed by atoms with E-state index in [2.05, 4.69) is 12.2 Å². The van der Waals surface area contributed by atoms with Crippen LogP contribution in [-0.4, -0.2) is 11.0 Å². The van der Waals surface area contributed by atoms with E-state index < -0.39 is 0 Å². The lowest BCUT2D eigenvalue weighted by Gasteiger charge is -2.08. The Bertz CT molecular complexity index is 594. The van der Waals surface area contributed by atoms with Crippen molar-refractivity contribution in [2.24, 2.45) is 0 Å². The van der Waals surface area contributed by atoms with Gasteiger partial charge >= 0.3 is 0 Å². The lowest BCUT2D eigenvalue weighted by molar-refractivity contribution is 0.102. The predicted molar refractivity (Wildman–Crippen MR) is 76.9 cm³/mol. The van der Waals surface area contributed by atoms with Gasteiger partial charge in [-0.1, -0.05) is 30.7 Å². The maximum Gasteiger partial charge on any atom is 0.255 e. The van der Waals surface area contributed by atoms with Crippen LogP contribution in [0, 0.1) is 0 Å². The molecule has 0 saturated heterocycles. The Hall–Kier alpha value is -2.00. The van der Waals surface area contributed by atoms with Gasteiger partial charge in [-0.3, -0.25) is 4.79 Å². The van der Waals surface area contributed by atoms with Crippen molar-refractivity contribution in [2.45, 2.75) is 13.3 Å². The highest BCUT2D eigenvalue weighted by Gasteiger charge is 2.08. The van der Waals surface area contributed by atoms with E-state index in [0.29, 0.717) is 16.3 Å². The first-order valence-corrected chi connectivity index (χ1v) is 6.36. The Morgan fingerprint density at radius 3 is 2.47 bits per heavy atom. The van der Waals surface area contributed by atoms with Gasteiger partial charge in [-0.2, -0.15) is 0 Å². The number of hydrogen-bond donors (Lipinski definition) is 2. The highest BCUT2D eigenvalue weighted by molar-refractivity contribution is 6.34. The van der Waals surface area contributed by atoms with Crippen molar-refractivity contribution in [3.8, 4) is 5.75 Å². The zero-order valence-electron chi connectivity index (χ0n) is 10.5. The van der Waals surface area contributed by atoms with Crippen LogP contribution in [0.4, 0.5) is 5.69 Å². The highest BCUT2D eigenvalue weighted by atomic mass is 35.5. The molecule has 0 heterocycles. The molecule has 2 aromatic carbocycles. The molecule has 19 heavy (non-hydrogen) atoms. The Kier molecular flexibility index (Phi) is 4.07. The summed E-state index contributed by atoms with van der Waals surface area (Å²) in [6.45, 7) is 2.06. The van der Waals surface area contributed by atoms with E-state index in [-0.39, 0.29) is 11.7 Å². The first kappa shape index (κ1) is 13.4. The van der Waals surface area contributed by atoms with Crippen molar-refractivity contribution in [3.63, 3.8) is 0 Å². The van der Waals surface area contributed by atoms with Crippen LogP contribution >= 0.6 is 11.6 Å². The van der Waals surface area contributed by atoms with Crippen molar-refractivity contribution in [3.05, 3.63) is 58.6 Å². The lowest BCUT2D eigenvalue weighted by atomic mass is 10.1. The van der Waals surface area contributed by atoms with Crippen LogP contribution in [0.5, 0.6) is 5.75 Å². The normalized spacial score (nSPS) is 10.2. The van der Waals surface area contributed by atoms with E-state index in [0.717, 1.165) is 6.42 Å². The maximum atomic E-state index is 12.0. The Labute approximate surface area is 116 Å². The van der Waals surface area contributed by atoms with Gasteiger partial charge in [-0.05, 0) is 36.2 Å². The molecule has 0 spiro atoms. The molecule has 98 valence electrons. The molecule has 0 aliphatic rings. The average Bonchev–Trinajstić information content (AvgIpc) is 2.42. The minimum absolute atomic E-state index is 0.0651. The van der Waals surface area contributed by atoms with E-state index >= 15 is 0 Å². The minimum Gasteiger partial charge on any atom is -0.508 e. The van der Waals surface area contributed by atoms with Gasteiger partial charge in [0, 0.05) is 11.6 Å². The molecule has 0 atom stereocenters. The number of anilines is 1. The fraction of sp³-hybridized carbons (Fsp3) is 0.133. The number of carbonyl (C=O) groups is 1. The Morgan fingerprint density at radius 2 is 1.89 bits per heavy atom. The summed E-state index contributed by atoms with van der Waals surface area (Å²) >= 11 is 5.93. The fourth-order valence-electron chi connectivity index (χ4n) is 1.69. The lowest BCUT2D eigenvalue weighted by Crippen LogP contribution is -2.12. The predicted octanol–water partition coefficient (Wildman–Crippen LogP) is 3.86. The Balaban J connectivity index is 2.15. The molecule has 1 amide bonds. The second-order valence-corrected chi connectivity index (χ2v) is 4.58. The molecule has 4 heteroatoms. The van der Waals surface area contributed by atoms with Crippen LogP contribution in [0.15, 0.2) is 42.5 Å². The number of phenols is 1. The standard InChI is InChI=1S/C15H14ClNO2/c1-2-10-3-5-11(6-4-10)15(19)17-14-8-7-12(18)9-13(14)16/h3-9,18H,2H2,1H3,(H,17,19). The second kappa shape index (κ2) is 5.76. The van der Waals surface area contributed by atoms with Gasteiger partial charge in [0.25, 0.3) is 5.91 Å². The first-order chi connectivity index (χ1) is 9.10. The number of amides is 1. The van der Waals surface area contributed by atoms with E-state index in [4.69, 9.17) is 11.6 Å². The summed E-state index contributed by atoms with van der Waals surface area (Å²) < 4.78 is 0. The smallest absolute Gasteiger partial charge is 0.255 e. The van der Waals surface area contributed by atoms with Crippen LogP contribution in [0.2, 0.25) is 5.02 Å². The van der Waals surface area contributed by atoms with Gasteiger partial charge in [-0.25, -0.2) is 0 Å². The number of rotatable bonds is 3. The number of halogens is 1. The number of phenolic OH excluding ortho intramolecular Hbond substituents is 1. The third-order valence-corrected chi connectivity index (χ3v) is 3.14. The molecule has 2 aromatic rings. The molecule has 0 bridgehead atoms. The van der Waals surface area contributed by atoms with Crippen molar-refractivity contribution >= 4 is 23.2 Å². The van der Waals surface area contributed by atoms with Crippen LogP contribution in [-0.2, 0) is 6.42 Å². The molecule has 0 fully saturated rings. The Morgan fingerprint density at radius 1 is 1.21 bits per heavy atom. The summed E-state index contributed by atoms with van der Waals surface area (Å²) in [6, 6.07) is 11.8. The number of benzene rings is 2. The molecule has 2 N–H and O–H groups in total. The summed E-state index contributed by atoms with van der Waals surface area (Å²) in [7, 11) is 0. The van der Waals surface area contributed by atoms with Crippen molar-refractivity contribution in [1.82, 2.24) is 0 Å². The van der Waals surface area contributed by atoms with Crippen LogP contribution in [0.3, 0.4) is 0 Å². The van der Waals surface area contributed by atoms with E-state index in [9.17, 15) is 9.90 Å². The SMILES string of the molecule is CCc1ccc(C(=O)Nc2ccc(O)cc2Cl)cc1. The quantitative estimate of drug-likeness (QED) is 0.836. The number of aryl methyl sites for hydroxylation is 1. The highest BCUT2D eigenvalue weighted by Crippen LogP contribution is 2.26. The van der Waals surface area contributed by atoms with Gasteiger partial charge in [-0.15, -0.1) is 0 Å². The molecular formula is C15H14ClNO2. The average molecular weight is 276 g/mol. The second-order valence-electron chi connectivity index (χ2n) is 4.17. The van der Waals surface area contributed by atoms with Gasteiger partial charge < -0.3 is 10.4 Å². The largest absolute Gasteiger partial charge is 0.508 e. The van der Waals surface area contributed by atoms with E-state index in [1.807, 2.05) is 12.1 Å². The van der Waals surface area contributed by atoms with Crippen LogP contribution in [0.1, 0.15) is 22.8 Å². The van der Waals surface area contributed by atoms with Crippen molar-refractivity contribution in [1.29, 1.82) is 0 Å². The molecule has 2 rings (SSSR count). The van der Waals surface area contributed by atoms with Gasteiger partial charge in [0.2, 0.25) is 0 Å². The van der Waals surface area contributed by atoms with Crippen molar-refractivity contribution in [2.75, 3.05) is 5.32 Å². The van der Waals surface area contributed by atoms with E-state index in [1.165, 1.54) is 17.7 Å². The third-order valence-electron chi connectivity index (χ3n) is 2.83. The summed E-state index contributed by atoms with van der Waals surface area (Å²) in [5, 5.41) is 12.3. The monoisotopic (exact) mass is 275 g/mol. The van der Waals surface area contributed by atoms with Crippen molar-refractivity contribution < 1.29 is 9.90 Å². The molecular weight excluding hydrogens is 262 g/mol. The number of hydrogen-bond acceptors (Lipinski definition) is 2. The zero-order chi connectivity index (χ0) is 13.8. The van der Waals surface area contributed by atoms with Gasteiger partial charge in [0.15, 0.2) is 0 Å². The molecule has 0 saturated carbocycles. The molecule has 3 nitrogen and oxygen atoms in total. The zero-order valence-corrected chi connectivity index (χ0v) is 11.2. The number of aromatic hydroxyl groups is 1. The first-order valence-electron chi connectivity index (χ1n) is 5.99. The number of carbonyl (C=O) groups excluding carboxylic acids is 1. The molecule has 0 aromatic heterocycles. The molecule has 0 radical (unpaired) electrons. The molecule has 0 unspecified atom stereocenters. The third kappa shape index (κ3) is 3.26. The van der Waals surface area contributed by atoms with Crippen LogP contribution < -0.4 is 5.32 Å². The van der Waals surface area contributed by atoms with Crippen LogP contribution in [0.25, 0.3) is 0 Å². The maximum absolute atomic E-state index is 12.0. The molecule has 0 aliphatic heterocycles. The summed E-state index contributed by atoms with van der Waals surface area (Å²) in [6.07, 6.45) is 0.936. The topological polar surface area (TPSA) is 49.3 Å². The minimum atomic E-state index is -0.227. The molecule has 0 aliphatic carbocycles. The summed E-state index contributed by atoms with van der Waals surface area (Å²) in [4.78, 5) is 12.0. The summed E-state index contributed by atoms with van der Waals surface area (Å²) in [5.41, 5.74) is 2.23. The van der Waals surface area contributed by atoms with E-state index in [1.54, 1.807) is 18.2 Å². The van der Waals surface area contributed by atoms with Gasteiger partial charge in [0.1, 0.15) is 5.75 Å². The number of nitrogens with one attached hydrogen (secondary N) is 1. The van der Waals surface area contributed by atoms with Gasteiger partial charge in [0.05, 0.1) is 10.7 Å². The fourth-order valence-corrected chi connectivity index (χ4v) is 1.91. The summed E-state index contributed by atoms with van der Waals surface area (Å²) in [5.74, 6) is -0.162.